The van der Waals surface area contributed by atoms with Crippen molar-refractivity contribution in [3.05, 3.63) is 76.2 Å². The zero-order chi connectivity index (χ0) is 27.5. The van der Waals surface area contributed by atoms with Gasteiger partial charge in [-0.15, -0.1) is 0 Å². The number of hydrogen-bond donors (Lipinski definition) is 3. The fourth-order valence-electron chi connectivity index (χ4n) is 4.84. The van der Waals surface area contributed by atoms with Crippen molar-refractivity contribution < 1.29 is 23.8 Å². The summed E-state index contributed by atoms with van der Waals surface area (Å²) in [4.78, 5) is 36.8. The molecule has 0 aliphatic carbocycles. The molecule has 1 saturated heterocycles. The van der Waals surface area contributed by atoms with Crippen LogP contribution in [-0.2, 0) is 16.1 Å². The Hall–Kier alpha value is -3.60. The van der Waals surface area contributed by atoms with E-state index in [9.17, 15) is 19.1 Å². The van der Waals surface area contributed by atoms with Crippen LogP contribution in [-0.4, -0.2) is 63.7 Å². The number of carbonyl (C=O) groups excluding carboxylic acids is 2. The summed E-state index contributed by atoms with van der Waals surface area (Å²) >= 11 is 6.44. The van der Waals surface area contributed by atoms with Gasteiger partial charge in [-0.25, -0.2) is 14.4 Å². The second-order valence-corrected chi connectivity index (χ2v) is 10.1. The van der Waals surface area contributed by atoms with Crippen molar-refractivity contribution >= 4 is 29.4 Å². The lowest BCUT2D eigenvalue weighted by molar-refractivity contribution is -0.126. The van der Waals surface area contributed by atoms with Crippen molar-refractivity contribution in [2.75, 3.05) is 25.1 Å². The first-order valence-corrected chi connectivity index (χ1v) is 13.2. The quantitative estimate of drug-likeness (QED) is 0.389. The van der Waals surface area contributed by atoms with Crippen molar-refractivity contribution in [3.63, 3.8) is 0 Å². The van der Waals surface area contributed by atoms with Crippen LogP contribution in [0.2, 0.25) is 5.02 Å². The van der Waals surface area contributed by atoms with Crippen LogP contribution in [0.3, 0.4) is 0 Å². The van der Waals surface area contributed by atoms with Gasteiger partial charge >= 0.3 is 0 Å². The van der Waals surface area contributed by atoms with Crippen LogP contribution in [0.4, 0.5) is 10.3 Å². The predicted molar refractivity (Wildman–Crippen MR) is 144 cm³/mol. The topological polar surface area (TPSA) is 117 Å². The lowest BCUT2D eigenvalue weighted by Crippen LogP contribution is -2.46. The Morgan fingerprint density at radius 3 is 2.79 bits per heavy atom. The standard InChI is InChI=1S/C28H29ClFN5O4/c1-16(26(37)33-24(15-36)17-3-2-4-20(30)11-17)35-14-19-6-5-18(12-22(19)27(35)38)25-23(29)13-31-28(34-25)32-21-7-9-39-10-8-21/h2-6,11-13,16,21,24,36H,7-10,14-15H2,1H3,(H,33,37)(H,31,32,34)/t16-,24-/m1/s1. The zero-order valence-electron chi connectivity index (χ0n) is 21.4. The maximum atomic E-state index is 13.6. The van der Waals surface area contributed by atoms with Crippen molar-refractivity contribution in [2.24, 2.45) is 0 Å². The SMILES string of the molecule is C[C@H](C(=O)N[C@H](CO)c1cccc(F)c1)N1Cc2ccc(-c3nc(NC4CCOCC4)ncc3Cl)cc2C1=O. The monoisotopic (exact) mass is 553 g/mol. The van der Waals surface area contributed by atoms with Crippen molar-refractivity contribution in [2.45, 2.75) is 44.4 Å². The van der Waals surface area contributed by atoms with E-state index in [1.165, 1.54) is 29.3 Å². The number of anilines is 1. The molecule has 39 heavy (non-hydrogen) atoms. The van der Waals surface area contributed by atoms with Crippen molar-refractivity contribution in [1.29, 1.82) is 0 Å². The van der Waals surface area contributed by atoms with Gasteiger partial charge in [-0.3, -0.25) is 9.59 Å². The van der Waals surface area contributed by atoms with E-state index in [4.69, 9.17) is 16.3 Å². The Morgan fingerprint density at radius 2 is 2.05 bits per heavy atom. The lowest BCUT2D eigenvalue weighted by Gasteiger charge is -2.26. The number of aromatic nitrogens is 2. The highest BCUT2D eigenvalue weighted by Gasteiger charge is 2.35. The van der Waals surface area contributed by atoms with Gasteiger partial charge in [-0.2, -0.15) is 0 Å². The zero-order valence-corrected chi connectivity index (χ0v) is 22.1. The molecule has 2 atom stereocenters. The minimum Gasteiger partial charge on any atom is -0.394 e. The molecule has 0 unspecified atom stereocenters. The van der Waals surface area contributed by atoms with Crippen LogP contribution in [0.5, 0.6) is 0 Å². The van der Waals surface area contributed by atoms with Crippen LogP contribution >= 0.6 is 11.6 Å². The summed E-state index contributed by atoms with van der Waals surface area (Å²) in [6.07, 6.45) is 3.25. The molecular formula is C28H29ClFN5O4. The molecule has 5 rings (SSSR count). The van der Waals surface area contributed by atoms with Gasteiger partial charge in [0.2, 0.25) is 11.9 Å². The molecule has 204 valence electrons. The Kier molecular flexibility index (Phi) is 8.06. The maximum absolute atomic E-state index is 13.6. The molecule has 0 spiro atoms. The summed E-state index contributed by atoms with van der Waals surface area (Å²) < 4.78 is 19.0. The van der Waals surface area contributed by atoms with E-state index >= 15 is 0 Å². The number of halogens is 2. The molecule has 11 heteroatoms. The molecule has 0 saturated carbocycles. The molecule has 9 nitrogen and oxygen atoms in total. The number of nitrogens with one attached hydrogen (secondary N) is 2. The van der Waals surface area contributed by atoms with Crippen LogP contribution in [0, 0.1) is 5.82 Å². The van der Waals surface area contributed by atoms with Gasteiger partial charge in [-0.05, 0) is 49.1 Å². The highest BCUT2D eigenvalue weighted by molar-refractivity contribution is 6.33. The minimum absolute atomic E-state index is 0.210. The number of amides is 2. The van der Waals surface area contributed by atoms with E-state index in [0.29, 0.717) is 46.6 Å². The minimum atomic E-state index is -0.825. The first kappa shape index (κ1) is 27.0. The molecule has 2 amide bonds. The largest absolute Gasteiger partial charge is 0.394 e. The number of benzene rings is 2. The molecule has 2 aliphatic heterocycles. The van der Waals surface area contributed by atoms with E-state index in [2.05, 4.69) is 20.6 Å². The molecule has 3 N–H and O–H groups in total. The lowest BCUT2D eigenvalue weighted by atomic mass is 10.0. The van der Waals surface area contributed by atoms with Crippen LogP contribution in [0.25, 0.3) is 11.3 Å². The summed E-state index contributed by atoms with van der Waals surface area (Å²) in [5.41, 5.74) is 2.84. The van der Waals surface area contributed by atoms with Gasteiger partial charge < -0.3 is 25.4 Å². The summed E-state index contributed by atoms with van der Waals surface area (Å²) in [5.74, 6) is -0.768. The average Bonchev–Trinajstić information content (AvgIpc) is 3.28. The number of aliphatic hydroxyl groups is 1. The summed E-state index contributed by atoms with van der Waals surface area (Å²) in [7, 11) is 0. The number of aliphatic hydroxyl groups excluding tert-OH is 1. The molecule has 3 aromatic rings. The molecule has 2 aliphatic rings. The van der Waals surface area contributed by atoms with Gasteiger partial charge in [0.15, 0.2) is 0 Å². The molecule has 0 radical (unpaired) electrons. The predicted octanol–water partition coefficient (Wildman–Crippen LogP) is 3.72. The number of fused-ring (bicyclic) bond motifs is 1. The normalized spacial score (nSPS) is 17.0. The molecular weight excluding hydrogens is 525 g/mol. The molecule has 1 aromatic heterocycles. The third-order valence-corrected chi connectivity index (χ3v) is 7.39. The van der Waals surface area contributed by atoms with E-state index in [1.807, 2.05) is 12.1 Å². The second-order valence-electron chi connectivity index (χ2n) is 9.70. The Bertz CT molecular complexity index is 1380. The first-order valence-electron chi connectivity index (χ1n) is 12.8. The van der Waals surface area contributed by atoms with Crippen LogP contribution in [0.1, 0.15) is 47.3 Å². The molecule has 2 aromatic carbocycles. The van der Waals surface area contributed by atoms with Gasteiger partial charge in [-0.1, -0.05) is 35.9 Å². The van der Waals surface area contributed by atoms with E-state index < -0.39 is 30.4 Å². The van der Waals surface area contributed by atoms with Gasteiger partial charge in [0.1, 0.15) is 11.9 Å². The highest BCUT2D eigenvalue weighted by atomic mass is 35.5. The van der Waals surface area contributed by atoms with E-state index in [0.717, 1.165) is 18.4 Å². The number of nitrogens with zero attached hydrogens (tertiary/aromatic N) is 3. The van der Waals surface area contributed by atoms with Crippen molar-refractivity contribution in [1.82, 2.24) is 20.2 Å². The third kappa shape index (κ3) is 5.88. The maximum Gasteiger partial charge on any atom is 0.255 e. The van der Waals surface area contributed by atoms with E-state index in [-0.39, 0.29) is 18.5 Å². The highest BCUT2D eigenvalue weighted by Crippen LogP contribution is 2.32. The van der Waals surface area contributed by atoms with Crippen LogP contribution < -0.4 is 10.6 Å². The number of rotatable bonds is 8. The van der Waals surface area contributed by atoms with Crippen molar-refractivity contribution in [3.8, 4) is 11.3 Å². The summed E-state index contributed by atoms with van der Waals surface area (Å²) in [5, 5.41) is 16.2. The van der Waals surface area contributed by atoms with Gasteiger partial charge in [0.05, 0.1) is 29.6 Å². The summed E-state index contributed by atoms with van der Waals surface area (Å²) in [6.45, 7) is 2.83. The Morgan fingerprint density at radius 1 is 1.26 bits per heavy atom. The fraction of sp³-hybridized carbons (Fsp3) is 0.357. The third-order valence-electron chi connectivity index (χ3n) is 7.11. The second kappa shape index (κ2) is 11.6. The average molecular weight is 554 g/mol. The number of hydrogen-bond acceptors (Lipinski definition) is 7. The molecule has 0 bridgehead atoms. The Balaban J connectivity index is 1.31. The van der Waals surface area contributed by atoms with Gasteiger partial charge in [0, 0.05) is 36.9 Å². The van der Waals surface area contributed by atoms with Crippen LogP contribution in [0.15, 0.2) is 48.7 Å². The number of carbonyl (C=O) groups is 2. The molecule has 1 fully saturated rings. The first-order chi connectivity index (χ1) is 18.8. The fourth-order valence-corrected chi connectivity index (χ4v) is 5.04. The van der Waals surface area contributed by atoms with E-state index in [1.54, 1.807) is 19.1 Å². The van der Waals surface area contributed by atoms with Gasteiger partial charge in [0.25, 0.3) is 5.91 Å². The smallest absolute Gasteiger partial charge is 0.255 e. The molecule has 3 heterocycles. The Labute approximate surface area is 230 Å². The summed E-state index contributed by atoms with van der Waals surface area (Å²) in [6, 6.07) is 9.67. The number of ether oxygens (including phenoxy) is 1.